The van der Waals surface area contributed by atoms with Crippen LogP contribution in [-0.4, -0.2) is 28.8 Å². The van der Waals surface area contributed by atoms with E-state index in [9.17, 15) is 4.79 Å². The van der Waals surface area contributed by atoms with Gasteiger partial charge in [0.15, 0.2) is 0 Å². The van der Waals surface area contributed by atoms with Crippen LogP contribution >= 0.6 is 0 Å². The third kappa shape index (κ3) is 4.76. The molecule has 0 fully saturated rings. The van der Waals surface area contributed by atoms with Gasteiger partial charge in [-0.1, -0.05) is 57.2 Å². The van der Waals surface area contributed by atoms with E-state index in [1.54, 1.807) is 4.68 Å². The highest BCUT2D eigenvalue weighted by molar-refractivity contribution is 5.95. The Morgan fingerprint density at radius 3 is 2.22 bits per heavy atom. The maximum absolute atomic E-state index is 12.8. The average Bonchev–Trinajstić information content (AvgIpc) is 3.13. The Balaban J connectivity index is 1.70. The van der Waals surface area contributed by atoms with Gasteiger partial charge >= 0.3 is 0 Å². The van der Waals surface area contributed by atoms with Crippen molar-refractivity contribution in [2.45, 2.75) is 26.2 Å². The first kappa shape index (κ1) is 18.7. The maximum Gasteiger partial charge on any atom is 0.254 e. The zero-order chi connectivity index (χ0) is 19.3. The zero-order valence-electron chi connectivity index (χ0n) is 16.1. The number of nitrogens with zero attached hydrogens (tertiary/aromatic N) is 2. The van der Waals surface area contributed by atoms with Crippen molar-refractivity contribution in [3.05, 3.63) is 78.1 Å². The van der Waals surface area contributed by atoms with Gasteiger partial charge in [0, 0.05) is 30.4 Å². The van der Waals surface area contributed by atoms with Crippen LogP contribution in [0, 0.1) is 0 Å². The molecular formula is C22H26N4O. The number of nitrogens with one attached hydrogen (secondary N) is 2. The molecule has 3 aromatic rings. The summed E-state index contributed by atoms with van der Waals surface area (Å²) in [5.74, 6) is -0.100. The first-order chi connectivity index (χ1) is 12.9. The van der Waals surface area contributed by atoms with Gasteiger partial charge in [-0.2, -0.15) is 5.10 Å². The van der Waals surface area contributed by atoms with Crippen LogP contribution in [0.5, 0.6) is 0 Å². The Labute approximate surface area is 160 Å². The lowest BCUT2D eigenvalue weighted by Crippen LogP contribution is -2.30. The zero-order valence-corrected chi connectivity index (χ0v) is 16.1. The van der Waals surface area contributed by atoms with Crippen molar-refractivity contribution in [2.24, 2.45) is 0 Å². The van der Waals surface area contributed by atoms with Crippen LogP contribution in [0.1, 0.15) is 36.8 Å². The molecule has 0 unspecified atom stereocenters. The lowest BCUT2D eigenvalue weighted by molar-refractivity contribution is 0.0953. The highest BCUT2D eigenvalue weighted by atomic mass is 16.1. The third-order valence-corrected chi connectivity index (χ3v) is 4.20. The topological polar surface area (TPSA) is 59.0 Å². The summed E-state index contributed by atoms with van der Waals surface area (Å²) in [4.78, 5) is 12.8. The summed E-state index contributed by atoms with van der Waals surface area (Å²) in [7, 11) is 0. The molecule has 5 nitrogen and oxygen atoms in total. The van der Waals surface area contributed by atoms with E-state index in [0.29, 0.717) is 18.7 Å². The number of hydrogen-bond donors (Lipinski definition) is 2. The van der Waals surface area contributed by atoms with Crippen LogP contribution in [0.4, 0.5) is 5.69 Å². The number of rotatable bonds is 6. The first-order valence-electron chi connectivity index (χ1n) is 9.18. The molecule has 0 radical (unpaired) electrons. The Hall–Kier alpha value is -3.08. The minimum atomic E-state index is -0.227. The number of carbonyl (C=O) groups is 1. The minimum Gasteiger partial charge on any atom is -0.383 e. The van der Waals surface area contributed by atoms with Gasteiger partial charge in [-0.25, -0.2) is 4.68 Å². The van der Waals surface area contributed by atoms with E-state index in [-0.39, 0.29) is 11.3 Å². The smallest absolute Gasteiger partial charge is 0.254 e. The fourth-order valence-electron chi connectivity index (χ4n) is 2.84. The van der Waals surface area contributed by atoms with E-state index in [0.717, 1.165) is 17.1 Å². The van der Waals surface area contributed by atoms with E-state index in [4.69, 9.17) is 0 Å². The number of aromatic nitrogens is 2. The van der Waals surface area contributed by atoms with E-state index < -0.39 is 0 Å². The second kappa shape index (κ2) is 8.08. The van der Waals surface area contributed by atoms with Gasteiger partial charge in [0.25, 0.3) is 5.91 Å². The van der Waals surface area contributed by atoms with Crippen molar-refractivity contribution in [1.29, 1.82) is 0 Å². The first-order valence-corrected chi connectivity index (χ1v) is 9.18. The SMILES string of the molecule is CC(C)(C)c1nn(-c2ccccc2)cc1C(=O)NCCNc1ccccc1. The molecule has 0 aliphatic rings. The highest BCUT2D eigenvalue weighted by Crippen LogP contribution is 2.25. The second-order valence-electron chi connectivity index (χ2n) is 7.47. The number of anilines is 1. The Morgan fingerprint density at radius 2 is 1.59 bits per heavy atom. The summed E-state index contributed by atoms with van der Waals surface area (Å²) in [6.45, 7) is 7.40. The number of hydrogen-bond acceptors (Lipinski definition) is 3. The molecule has 5 heteroatoms. The molecule has 140 valence electrons. The Bertz CT molecular complexity index is 880. The molecule has 0 aliphatic heterocycles. The van der Waals surface area contributed by atoms with Crippen molar-refractivity contribution in [2.75, 3.05) is 18.4 Å². The monoisotopic (exact) mass is 362 g/mol. The van der Waals surface area contributed by atoms with Crippen molar-refractivity contribution < 1.29 is 4.79 Å². The Morgan fingerprint density at radius 1 is 0.963 bits per heavy atom. The molecule has 0 saturated carbocycles. The quantitative estimate of drug-likeness (QED) is 0.651. The summed E-state index contributed by atoms with van der Waals surface area (Å²) in [5.41, 5.74) is 3.16. The fraction of sp³-hybridized carbons (Fsp3) is 0.273. The normalized spacial score (nSPS) is 11.2. The lowest BCUT2D eigenvalue weighted by Gasteiger charge is -2.17. The molecule has 0 saturated heterocycles. The molecular weight excluding hydrogens is 336 g/mol. The van der Waals surface area contributed by atoms with Gasteiger partial charge in [0.1, 0.15) is 0 Å². The Kier molecular flexibility index (Phi) is 5.60. The van der Waals surface area contributed by atoms with Crippen LogP contribution in [0.2, 0.25) is 0 Å². The molecule has 3 rings (SSSR count). The minimum absolute atomic E-state index is 0.100. The van der Waals surface area contributed by atoms with Gasteiger partial charge in [-0.05, 0) is 24.3 Å². The maximum atomic E-state index is 12.8. The largest absolute Gasteiger partial charge is 0.383 e. The van der Waals surface area contributed by atoms with E-state index in [2.05, 4.69) is 36.5 Å². The molecule has 2 N–H and O–H groups in total. The molecule has 0 spiro atoms. The number of amides is 1. The van der Waals surface area contributed by atoms with Crippen LogP contribution in [0.3, 0.4) is 0 Å². The van der Waals surface area contributed by atoms with Gasteiger partial charge in [0.2, 0.25) is 0 Å². The standard InChI is InChI=1S/C22H26N4O/c1-22(2,3)20-19(16-26(25-20)18-12-8-5-9-13-18)21(27)24-15-14-23-17-10-6-4-7-11-17/h4-13,16,23H,14-15H2,1-3H3,(H,24,27). The third-order valence-electron chi connectivity index (χ3n) is 4.20. The summed E-state index contributed by atoms with van der Waals surface area (Å²) >= 11 is 0. The molecule has 0 bridgehead atoms. The number of para-hydroxylation sites is 2. The van der Waals surface area contributed by atoms with Gasteiger partial charge in [-0.15, -0.1) is 0 Å². The molecule has 1 aromatic heterocycles. The van der Waals surface area contributed by atoms with Crippen molar-refractivity contribution in [3.8, 4) is 5.69 Å². The molecule has 1 amide bonds. The average molecular weight is 362 g/mol. The number of carbonyl (C=O) groups excluding carboxylic acids is 1. The van der Waals surface area contributed by atoms with E-state index >= 15 is 0 Å². The predicted octanol–water partition coefficient (Wildman–Crippen LogP) is 4.01. The predicted molar refractivity (Wildman–Crippen MR) is 110 cm³/mol. The van der Waals surface area contributed by atoms with E-state index in [1.807, 2.05) is 66.9 Å². The van der Waals surface area contributed by atoms with Crippen LogP contribution in [0.25, 0.3) is 5.69 Å². The molecule has 0 aliphatic carbocycles. The van der Waals surface area contributed by atoms with E-state index in [1.165, 1.54) is 0 Å². The molecule has 27 heavy (non-hydrogen) atoms. The summed E-state index contributed by atoms with van der Waals surface area (Å²) in [5, 5.41) is 11.0. The highest BCUT2D eigenvalue weighted by Gasteiger charge is 2.26. The van der Waals surface area contributed by atoms with Gasteiger partial charge in [0.05, 0.1) is 16.9 Å². The van der Waals surface area contributed by atoms with Gasteiger partial charge in [-0.3, -0.25) is 4.79 Å². The molecule has 2 aromatic carbocycles. The van der Waals surface area contributed by atoms with Gasteiger partial charge < -0.3 is 10.6 Å². The second-order valence-corrected chi connectivity index (χ2v) is 7.47. The van der Waals surface area contributed by atoms with Crippen LogP contribution in [0.15, 0.2) is 66.9 Å². The molecule has 1 heterocycles. The fourth-order valence-corrected chi connectivity index (χ4v) is 2.84. The van der Waals surface area contributed by atoms with Crippen LogP contribution < -0.4 is 10.6 Å². The van der Waals surface area contributed by atoms with Crippen molar-refractivity contribution in [3.63, 3.8) is 0 Å². The summed E-state index contributed by atoms with van der Waals surface area (Å²) in [6.07, 6.45) is 1.82. The number of benzene rings is 2. The van der Waals surface area contributed by atoms with Crippen LogP contribution in [-0.2, 0) is 5.41 Å². The summed E-state index contributed by atoms with van der Waals surface area (Å²) in [6, 6.07) is 19.8. The van der Waals surface area contributed by atoms with Crippen molar-refractivity contribution >= 4 is 11.6 Å². The summed E-state index contributed by atoms with van der Waals surface area (Å²) < 4.78 is 1.78. The van der Waals surface area contributed by atoms with Crippen molar-refractivity contribution in [1.82, 2.24) is 15.1 Å². The molecule has 0 atom stereocenters. The lowest BCUT2D eigenvalue weighted by atomic mass is 9.89.